The predicted octanol–water partition coefficient (Wildman–Crippen LogP) is 3.68. The van der Waals surface area contributed by atoms with Gasteiger partial charge in [0, 0.05) is 5.28 Å². The summed E-state index contributed by atoms with van der Waals surface area (Å²) in [4.78, 5) is 4.73. The van der Waals surface area contributed by atoms with E-state index in [1.165, 1.54) is 0 Å². The van der Waals surface area contributed by atoms with Crippen molar-refractivity contribution in [3.05, 3.63) is 28.8 Å². The van der Waals surface area contributed by atoms with Gasteiger partial charge in [-0.1, -0.05) is 17.7 Å². The van der Waals surface area contributed by atoms with E-state index in [0.717, 1.165) is 5.56 Å². The molecule has 0 spiro atoms. The van der Waals surface area contributed by atoms with E-state index in [9.17, 15) is 0 Å². The molecule has 0 heterocycles. The second kappa shape index (κ2) is 4.82. The van der Waals surface area contributed by atoms with E-state index in [-0.39, 0.29) is 0 Å². The van der Waals surface area contributed by atoms with Gasteiger partial charge in [0.25, 0.3) is 0 Å². The Balaban J connectivity index is 2.81. The number of benzene rings is 1. The lowest BCUT2D eigenvalue weighted by molar-refractivity contribution is 0.139. The average molecular weight is 199 g/mol. The van der Waals surface area contributed by atoms with Crippen molar-refractivity contribution in [2.24, 2.45) is 10.4 Å². The third-order valence-electron chi connectivity index (χ3n) is 1.44. The van der Waals surface area contributed by atoms with Crippen LogP contribution in [-0.2, 0) is 4.84 Å². The molecule has 1 aromatic rings. The standard InChI is InChI=1S/C9H11ClN2O/c1-3-13-12-11-9-6-7(2)4-5-8(9)10/h4-6H,3H2,1-2H3. The van der Waals surface area contributed by atoms with Gasteiger partial charge in [0.2, 0.25) is 0 Å². The third kappa shape index (κ3) is 3.03. The molecule has 3 nitrogen and oxygen atoms in total. The van der Waals surface area contributed by atoms with Crippen LogP contribution < -0.4 is 0 Å². The number of hydrogen-bond acceptors (Lipinski definition) is 3. The molecule has 0 aliphatic carbocycles. The zero-order chi connectivity index (χ0) is 9.68. The van der Waals surface area contributed by atoms with Crippen molar-refractivity contribution < 1.29 is 4.84 Å². The van der Waals surface area contributed by atoms with Crippen LogP contribution in [0.5, 0.6) is 0 Å². The van der Waals surface area contributed by atoms with Gasteiger partial charge in [-0.2, -0.15) is 0 Å². The highest BCUT2D eigenvalue weighted by Gasteiger charge is 1.97. The SMILES string of the molecule is CCON=Nc1cc(C)ccc1Cl. The van der Waals surface area contributed by atoms with Crippen LogP contribution in [0.3, 0.4) is 0 Å². The maximum Gasteiger partial charge on any atom is 0.116 e. The second-order valence-electron chi connectivity index (χ2n) is 2.55. The maximum absolute atomic E-state index is 5.87. The normalized spacial score (nSPS) is 10.7. The van der Waals surface area contributed by atoms with Crippen molar-refractivity contribution in [3.8, 4) is 0 Å². The fraction of sp³-hybridized carbons (Fsp3) is 0.333. The van der Waals surface area contributed by atoms with E-state index in [1.807, 2.05) is 26.0 Å². The highest BCUT2D eigenvalue weighted by molar-refractivity contribution is 6.32. The Kier molecular flexibility index (Phi) is 3.71. The topological polar surface area (TPSA) is 34.0 Å². The molecule has 0 bridgehead atoms. The summed E-state index contributed by atoms with van der Waals surface area (Å²) in [5.41, 5.74) is 1.73. The molecule has 0 saturated heterocycles. The van der Waals surface area contributed by atoms with Gasteiger partial charge in [-0.05, 0) is 31.5 Å². The molecule has 0 radical (unpaired) electrons. The summed E-state index contributed by atoms with van der Waals surface area (Å²) in [7, 11) is 0. The third-order valence-corrected chi connectivity index (χ3v) is 1.76. The lowest BCUT2D eigenvalue weighted by Crippen LogP contribution is -1.76. The number of hydrogen-bond donors (Lipinski definition) is 0. The van der Waals surface area contributed by atoms with Crippen molar-refractivity contribution in [2.75, 3.05) is 6.61 Å². The molecule has 0 unspecified atom stereocenters. The number of rotatable bonds is 3. The molecule has 0 fully saturated rings. The van der Waals surface area contributed by atoms with Gasteiger partial charge >= 0.3 is 0 Å². The van der Waals surface area contributed by atoms with E-state index < -0.39 is 0 Å². The monoisotopic (exact) mass is 198 g/mol. The predicted molar refractivity (Wildman–Crippen MR) is 52.3 cm³/mol. The molecule has 4 heteroatoms. The first-order valence-corrected chi connectivity index (χ1v) is 4.41. The molecular formula is C9H11ClN2O. The van der Waals surface area contributed by atoms with Gasteiger partial charge in [-0.15, -0.1) is 5.11 Å². The first kappa shape index (κ1) is 9.99. The molecule has 0 saturated carbocycles. The van der Waals surface area contributed by atoms with Gasteiger partial charge in [0.1, 0.15) is 12.3 Å². The molecule has 0 aliphatic heterocycles. The summed E-state index contributed by atoms with van der Waals surface area (Å²) in [5.74, 6) is 0. The molecule has 1 aromatic carbocycles. The summed E-state index contributed by atoms with van der Waals surface area (Å²) in [6, 6.07) is 5.56. The Labute approximate surface area is 82.3 Å². The molecule has 70 valence electrons. The van der Waals surface area contributed by atoms with Gasteiger partial charge in [0.05, 0.1) is 5.02 Å². The summed E-state index contributed by atoms with van der Waals surface area (Å²) in [6.45, 7) is 4.32. The summed E-state index contributed by atoms with van der Waals surface area (Å²) in [6.07, 6.45) is 0. The molecule has 0 atom stereocenters. The van der Waals surface area contributed by atoms with Gasteiger partial charge in [-0.3, -0.25) is 0 Å². The Hall–Kier alpha value is -1.09. The van der Waals surface area contributed by atoms with E-state index >= 15 is 0 Å². The fourth-order valence-corrected chi connectivity index (χ4v) is 0.985. The minimum atomic E-state index is 0.507. The van der Waals surface area contributed by atoms with Crippen LogP contribution in [-0.4, -0.2) is 6.61 Å². The molecule has 0 amide bonds. The summed E-state index contributed by atoms with van der Waals surface area (Å²) < 4.78 is 0. The first-order valence-electron chi connectivity index (χ1n) is 4.03. The quantitative estimate of drug-likeness (QED) is 0.539. The highest BCUT2D eigenvalue weighted by atomic mass is 35.5. The fourth-order valence-electron chi connectivity index (χ4n) is 0.830. The minimum absolute atomic E-state index is 0.507. The van der Waals surface area contributed by atoms with Crippen LogP contribution in [0.1, 0.15) is 12.5 Å². The first-order chi connectivity index (χ1) is 6.24. The van der Waals surface area contributed by atoms with Crippen molar-refractivity contribution in [1.82, 2.24) is 0 Å². The number of aryl methyl sites for hydroxylation is 1. The van der Waals surface area contributed by atoms with E-state index in [1.54, 1.807) is 6.07 Å². The zero-order valence-corrected chi connectivity index (χ0v) is 8.38. The van der Waals surface area contributed by atoms with Crippen LogP contribution >= 0.6 is 11.6 Å². The summed E-state index contributed by atoms with van der Waals surface area (Å²) >= 11 is 5.87. The van der Waals surface area contributed by atoms with Crippen molar-refractivity contribution >= 4 is 17.3 Å². The Morgan fingerprint density at radius 1 is 1.46 bits per heavy atom. The van der Waals surface area contributed by atoms with Crippen LogP contribution in [0.2, 0.25) is 5.02 Å². The van der Waals surface area contributed by atoms with Crippen molar-refractivity contribution in [1.29, 1.82) is 0 Å². The molecular weight excluding hydrogens is 188 g/mol. The molecule has 13 heavy (non-hydrogen) atoms. The van der Waals surface area contributed by atoms with Crippen molar-refractivity contribution in [2.45, 2.75) is 13.8 Å². The Morgan fingerprint density at radius 3 is 2.92 bits per heavy atom. The van der Waals surface area contributed by atoms with E-state index in [2.05, 4.69) is 10.4 Å². The van der Waals surface area contributed by atoms with Crippen LogP contribution in [0, 0.1) is 6.92 Å². The molecule has 0 aromatic heterocycles. The van der Waals surface area contributed by atoms with Crippen LogP contribution in [0.15, 0.2) is 28.6 Å². The smallest absolute Gasteiger partial charge is 0.116 e. The zero-order valence-electron chi connectivity index (χ0n) is 7.62. The summed E-state index contributed by atoms with van der Waals surface area (Å²) in [5, 5.41) is 7.91. The average Bonchev–Trinajstić information content (AvgIpc) is 2.11. The molecule has 0 N–H and O–H groups in total. The molecule has 1 rings (SSSR count). The van der Waals surface area contributed by atoms with Crippen LogP contribution in [0.4, 0.5) is 5.69 Å². The van der Waals surface area contributed by atoms with Crippen LogP contribution in [0.25, 0.3) is 0 Å². The largest absolute Gasteiger partial charge is 0.380 e. The lowest BCUT2D eigenvalue weighted by Gasteiger charge is -1.97. The Bertz CT molecular complexity index is 312. The van der Waals surface area contributed by atoms with Gasteiger partial charge < -0.3 is 4.84 Å². The number of halogens is 1. The van der Waals surface area contributed by atoms with Gasteiger partial charge in [-0.25, -0.2) is 0 Å². The number of nitrogens with zero attached hydrogens (tertiary/aromatic N) is 2. The van der Waals surface area contributed by atoms with Crippen molar-refractivity contribution in [3.63, 3.8) is 0 Å². The Morgan fingerprint density at radius 2 is 2.23 bits per heavy atom. The minimum Gasteiger partial charge on any atom is -0.380 e. The van der Waals surface area contributed by atoms with E-state index in [0.29, 0.717) is 17.3 Å². The molecule has 0 aliphatic rings. The highest BCUT2D eigenvalue weighted by Crippen LogP contribution is 2.25. The second-order valence-corrected chi connectivity index (χ2v) is 2.96. The maximum atomic E-state index is 5.87. The van der Waals surface area contributed by atoms with E-state index in [4.69, 9.17) is 16.4 Å². The lowest BCUT2D eigenvalue weighted by atomic mass is 10.2. The van der Waals surface area contributed by atoms with Gasteiger partial charge in [0.15, 0.2) is 0 Å².